The van der Waals surface area contributed by atoms with E-state index in [1.165, 1.54) is 44.2 Å². The summed E-state index contributed by atoms with van der Waals surface area (Å²) in [6.07, 6.45) is 3.25. The monoisotopic (exact) mass is 775 g/mol. The third-order valence-electron chi connectivity index (χ3n) is 11.2. The van der Waals surface area contributed by atoms with Crippen LogP contribution in [0.5, 0.6) is 0 Å². The van der Waals surface area contributed by atoms with Gasteiger partial charge < -0.3 is 0 Å². The molecule has 280 valence electrons. The summed E-state index contributed by atoms with van der Waals surface area (Å²) < 4.78 is 0. The molecule has 0 N–H and O–H groups in total. The van der Waals surface area contributed by atoms with E-state index < -0.39 is 16.1 Å². The second-order valence-electron chi connectivity index (χ2n) is 17.6. The van der Waals surface area contributed by atoms with Crippen LogP contribution >= 0.6 is 0 Å². The highest BCUT2D eigenvalue weighted by atomic mass is 28.3. The first-order chi connectivity index (χ1) is 27.2. The van der Waals surface area contributed by atoms with Gasteiger partial charge in [0, 0.05) is 21.6 Å². The second-order valence-corrected chi connectivity index (χ2v) is 27.7. The number of benzene rings is 5. The van der Waals surface area contributed by atoms with Crippen molar-refractivity contribution >= 4 is 37.6 Å². The Hall–Kier alpha value is -6.04. The molecule has 0 spiro atoms. The van der Waals surface area contributed by atoms with Gasteiger partial charge in [0.05, 0.1) is 0 Å². The molecule has 5 aromatic carbocycles. The highest BCUT2D eigenvalue weighted by Gasteiger charge is 2.35. The Morgan fingerprint density at radius 3 is 1.70 bits per heavy atom. The van der Waals surface area contributed by atoms with Crippen molar-refractivity contribution in [2.75, 3.05) is 0 Å². The van der Waals surface area contributed by atoms with Crippen molar-refractivity contribution in [3.05, 3.63) is 139 Å². The van der Waals surface area contributed by atoms with E-state index in [-0.39, 0.29) is 5.41 Å². The van der Waals surface area contributed by atoms with Gasteiger partial charge in [-0.05, 0) is 91.7 Å². The highest BCUT2D eigenvalue weighted by molar-refractivity contribution is 6.88. The molecule has 1 aliphatic carbocycles. The van der Waals surface area contributed by atoms with Gasteiger partial charge in [0.2, 0.25) is 0 Å². The fourth-order valence-electron chi connectivity index (χ4n) is 7.94. The SMILES string of the molecule is CC1(C)c2ccccc2-c2ccc(-c3cc(-c4cccc(-c5nc(-c6cc([Si](C)(C)C)ncn6)nc(-c6cc([Si](C)(C)C)ncn6)n5)c4)cc4ccccc34)cc21. The van der Waals surface area contributed by atoms with Crippen molar-refractivity contribution in [1.82, 2.24) is 34.9 Å². The second kappa shape index (κ2) is 13.6. The van der Waals surface area contributed by atoms with Gasteiger partial charge in [-0.3, -0.25) is 0 Å². The van der Waals surface area contributed by atoms with Crippen molar-refractivity contribution in [2.24, 2.45) is 0 Å². The molecule has 0 radical (unpaired) electrons. The number of hydrogen-bond donors (Lipinski definition) is 0. The summed E-state index contributed by atoms with van der Waals surface area (Å²) in [7, 11) is -3.48. The van der Waals surface area contributed by atoms with Gasteiger partial charge >= 0.3 is 0 Å². The lowest BCUT2D eigenvalue weighted by Gasteiger charge is -2.22. The fraction of sp³-hybridized carbons (Fsp3) is 0.188. The van der Waals surface area contributed by atoms with Crippen LogP contribution in [-0.2, 0) is 5.41 Å². The minimum atomic E-state index is -1.74. The number of fused-ring (bicyclic) bond motifs is 4. The zero-order chi connectivity index (χ0) is 39.7. The molecule has 0 aliphatic heterocycles. The Kier molecular flexibility index (Phi) is 8.71. The van der Waals surface area contributed by atoms with Gasteiger partial charge in [0.15, 0.2) is 17.5 Å². The first-order valence-corrected chi connectivity index (χ1v) is 26.5. The zero-order valence-corrected chi connectivity index (χ0v) is 35.8. The van der Waals surface area contributed by atoms with Gasteiger partial charge in [-0.1, -0.05) is 132 Å². The summed E-state index contributed by atoms with van der Waals surface area (Å²) in [4.78, 5) is 33.7. The molecule has 0 saturated heterocycles. The van der Waals surface area contributed by atoms with Crippen LogP contribution in [0.1, 0.15) is 25.0 Å². The Morgan fingerprint density at radius 1 is 0.421 bits per heavy atom. The van der Waals surface area contributed by atoms with Crippen LogP contribution in [0.25, 0.3) is 78.6 Å². The summed E-state index contributed by atoms with van der Waals surface area (Å²) in [6.45, 7) is 18.3. The minimum absolute atomic E-state index is 0.0873. The van der Waals surface area contributed by atoms with Crippen LogP contribution in [0.4, 0.5) is 0 Å². The number of aromatic nitrogens is 7. The standard InChI is InChI=1S/C48H45N7Si2/c1-48(2)39-19-12-11-18-36(39)37-21-20-32(25-40(37)48)38-24-34(23-31-14-9-10-17-35(31)38)30-15-13-16-33(22-30)45-53-46(41-26-43(51-28-49-41)56(3,4)5)55-47(54-45)42-27-44(52-29-50-42)57(6,7)8/h9-29H,1-8H3. The highest BCUT2D eigenvalue weighted by Crippen LogP contribution is 2.50. The van der Waals surface area contributed by atoms with E-state index in [9.17, 15) is 0 Å². The van der Waals surface area contributed by atoms with Gasteiger partial charge in [0.25, 0.3) is 0 Å². The minimum Gasteiger partial charge on any atom is -0.246 e. The first kappa shape index (κ1) is 36.6. The van der Waals surface area contributed by atoms with Crippen LogP contribution in [0.3, 0.4) is 0 Å². The molecule has 0 amide bonds. The fourth-order valence-corrected chi connectivity index (χ4v) is 9.97. The van der Waals surface area contributed by atoms with Gasteiger partial charge in [-0.25, -0.2) is 34.9 Å². The summed E-state index contributed by atoms with van der Waals surface area (Å²) in [6, 6.07) is 41.7. The maximum atomic E-state index is 5.08. The lowest BCUT2D eigenvalue weighted by atomic mass is 9.81. The summed E-state index contributed by atoms with van der Waals surface area (Å²) in [5.74, 6) is 1.54. The molecule has 0 atom stereocenters. The van der Waals surface area contributed by atoms with Crippen molar-refractivity contribution in [3.8, 4) is 67.8 Å². The van der Waals surface area contributed by atoms with E-state index in [1.807, 2.05) is 12.1 Å². The molecule has 9 heteroatoms. The molecule has 7 nitrogen and oxygen atoms in total. The number of rotatable bonds is 7. The van der Waals surface area contributed by atoms with E-state index in [0.29, 0.717) is 28.9 Å². The quantitative estimate of drug-likeness (QED) is 0.149. The Balaban J connectivity index is 1.18. The summed E-state index contributed by atoms with van der Waals surface area (Å²) in [5, 5.41) is 4.50. The van der Waals surface area contributed by atoms with E-state index >= 15 is 0 Å². The average molecular weight is 776 g/mol. The van der Waals surface area contributed by atoms with Gasteiger partial charge in [0.1, 0.15) is 40.2 Å². The Morgan fingerprint density at radius 2 is 1.02 bits per heavy atom. The van der Waals surface area contributed by atoms with Crippen LogP contribution in [0, 0.1) is 0 Å². The predicted molar refractivity (Wildman–Crippen MR) is 239 cm³/mol. The smallest absolute Gasteiger partial charge is 0.182 e. The maximum absolute atomic E-state index is 5.08. The first-order valence-electron chi connectivity index (χ1n) is 19.5. The average Bonchev–Trinajstić information content (AvgIpc) is 3.45. The molecular weight excluding hydrogens is 731 g/mol. The number of hydrogen-bond acceptors (Lipinski definition) is 7. The molecular formula is C48H45N7Si2. The molecule has 3 heterocycles. The van der Waals surface area contributed by atoms with Crippen molar-refractivity contribution in [1.29, 1.82) is 0 Å². The molecule has 3 aromatic heterocycles. The topological polar surface area (TPSA) is 90.2 Å². The van der Waals surface area contributed by atoms with Crippen molar-refractivity contribution < 1.29 is 0 Å². The van der Waals surface area contributed by atoms with Crippen molar-refractivity contribution in [2.45, 2.75) is 58.5 Å². The van der Waals surface area contributed by atoms with Crippen LogP contribution in [0.15, 0.2) is 128 Å². The lowest BCUT2D eigenvalue weighted by molar-refractivity contribution is 0.660. The van der Waals surface area contributed by atoms with E-state index in [2.05, 4.69) is 176 Å². The third-order valence-corrected chi connectivity index (χ3v) is 14.8. The lowest BCUT2D eigenvalue weighted by Crippen LogP contribution is -2.40. The van der Waals surface area contributed by atoms with E-state index in [1.54, 1.807) is 12.7 Å². The predicted octanol–water partition coefficient (Wildman–Crippen LogP) is 10.3. The zero-order valence-electron chi connectivity index (χ0n) is 33.8. The van der Waals surface area contributed by atoms with Crippen molar-refractivity contribution in [3.63, 3.8) is 0 Å². The van der Waals surface area contributed by atoms with E-state index in [4.69, 9.17) is 15.0 Å². The largest absolute Gasteiger partial charge is 0.246 e. The molecule has 1 aliphatic rings. The Bertz CT molecular complexity index is 2800. The van der Waals surface area contributed by atoms with E-state index in [0.717, 1.165) is 27.3 Å². The molecule has 0 bridgehead atoms. The maximum Gasteiger partial charge on any atom is 0.182 e. The summed E-state index contributed by atoms with van der Waals surface area (Å²) in [5.41, 5.74) is 12.1. The molecule has 0 unspecified atom stereocenters. The van der Waals surface area contributed by atoms with Gasteiger partial charge in [-0.2, -0.15) is 0 Å². The van der Waals surface area contributed by atoms with Crippen LogP contribution in [-0.4, -0.2) is 51.0 Å². The molecule has 0 fully saturated rings. The van der Waals surface area contributed by atoms with Crippen LogP contribution < -0.4 is 10.6 Å². The molecule has 57 heavy (non-hydrogen) atoms. The molecule has 9 rings (SSSR count). The number of nitrogens with zero attached hydrogens (tertiary/aromatic N) is 7. The molecule has 0 saturated carbocycles. The third kappa shape index (κ3) is 6.70. The van der Waals surface area contributed by atoms with Crippen LogP contribution in [0.2, 0.25) is 39.3 Å². The Labute approximate surface area is 336 Å². The summed E-state index contributed by atoms with van der Waals surface area (Å²) >= 11 is 0. The normalized spacial score (nSPS) is 13.4. The molecule has 8 aromatic rings. The van der Waals surface area contributed by atoms with Gasteiger partial charge in [-0.15, -0.1) is 0 Å².